The predicted octanol–water partition coefficient (Wildman–Crippen LogP) is 7.08. The van der Waals surface area contributed by atoms with Gasteiger partial charge in [-0.15, -0.1) is 0 Å². The summed E-state index contributed by atoms with van der Waals surface area (Å²) in [5.74, 6) is -0.241. The molecule has 3 rings (SSSR count). The zero-order chi connectivity index (χ0) is 22.4. The zero-order valence-corrected chi connectivity index (χ0v) is 18.5. The van der Waals surface area contributed by atoms with Crippen LogP contribution in [0.1, 0.15) is 55.3 Å². The predicted molar refractivity (Wildman–Crippen MR) is 117 cm³/mol. The molecule has 0 N–H and O–H groups in total. The topological polar surface area (TPSA) is 43.4 Å². The highest BCUT2D eigenvalue weighted by molar-refractivity contribution is 6.31. The zero-order valence-electron chi connectivity index (χ0n) is 17.0. The lowest BCUT2D eigenvalue weighted by molar-refractivity contribution is -0.122. The van der Waals surface area contributed by atoms with Crippen molar-refractivity contribution in [1.82, 2.24) is 0 Å². The summed E-state index contributed by atoms with van der Waals surface area (Å²) in [6.45, 7) is -0.0901. The summed E-state index contributed by atoms with van der Waals surface area (Å²) in [4.78, 5) is 24.5. The molecule has 0 spiro atoms. The van der Waals surface area contributed by atoms with Crippen molar-refractivity contribution >= 4 is 34.8 Å². The van der Waals surface area contributed by atoms with Gasteiger partial charge in [0.2, 0.25) is 0 Å². The molecule has 0 aliphatic heterocycles. The molecule has 1 aliphatic rings. The molecule has 1 aliphatic carbocycles. The van der Waals surface area contributed by atoms with Gasteiger partial charge in [0.05, 0.1) is 10.0 Å². The Morgan fingerprint density at radius 2 is 1.52 bits per heavy atom. The maximum atomic E-state index is 13.5. The van der Waals surface area contributed by atoms with Crippen molar-refractivity contribution in [3.05, 3.63) is 63.6 Å². The maximum absolute atomic E-state index is 13.5. The molecule has 7 heteroatoms. The first-order chi connectivity index (χ1) is 14.8. The third-order valence-electron chi connectivity index (χ3n) is 5.79. The van der Waals surface area contributed by atoms with Gasteiger partial charge in [-0.25, -0.2) is 8.78 Å². The largest absolute Gasteiger partial charge is 0.486 e. The van der Waals surface area contributed by atoms with E-state index in [0.717, 1.165) is 32.1 Å². The summed E-state index contributed by atoms with van der Waals surface area (Å²) in [6, 6.07) is 8.24. The minimum atomic E-state index is -0.581. The van der Waals surface area contributed by atoms with Gasteiger partial charge >= 0.3 is 0 Å². The van der Waals surface area contributed by atoms with Crippen LogP contribution >= 0.6 is 23.2 Å². The van der Waals surface area contributed by atoms with Crippen molar-refractivity contribution in [2.24, 2.45) is 11.8 Å². The van der Waals surface area contributed by atoms with Gasteiger partial charge in [-0.3, -0.25) is 9.59 Å². The molecule has 1 saturated carbocycles. The van der Waals surface area contributed by atoms with Gasteiger partial charge in [0.25, 0.3) is 0 Å². The van der Waals surface area contributed by atoms with Gasteiger partial charge in [-0.05, 0) is 61.4 Å². The maximum Gasteiger partial charge on any atom is 0.170 e. The Morgan fingerprint density at radius 1 is 0.903 bits per heavy atom. The first-order valence-corrected chi connectivity index (χ1v) is 11.1. The first kappa shape index (κ1) is 23.7. The van der Waals surface area contributed by atoms with Crippen molar-refractivity contribution in [3.63, 3.8) is 0 Å². The second-order valence-electron chi connectivity index (χ2n) is 8.08. The third-order valence-corrected chi connectivity index (χ3v) is 6.41. The Bertz CT molecular complexity index is 940. The van der Waals surface area contributed by atoms with Gasteiger partial charge in [0, 0.05) is 24.5 Å². The first-order valence-electron chi connectivity index (χ1n) is 10.4. The summed E-state index contributed by atoms with van der Waals surface area (Å²) in [5, 5.41) is 0.0209. The van der Waals surface area contributed by atoms with Crippen LogP contribution in [0.15, 0.2) is 36.4 Å². The highest BCUT2D eigenvalue weighted by Crippen LogP contribution is 2.34. The second kappa shape index (κ2) is 11.1. The highest BCUT2D eigenvalue weighted by atomic mass is 35.5. The van der Waals surface area contributed by atoms with Crippen molar-refractivity contribution in [3.8, 4) is 5.75 Å². The molecule has 0 bridgehead atoms. The lowest BCUT2D eigenvalue weighted by Gasteiger charge is -2.28. The standard InChI is InChI=1S/C24H24Cl2F2O3/c25-20-8-6-17(12-22(20)27)24(30)10-5-15-1-3-16(4-2-15)11-18(29)14-31-19-7-9-21(26)23(28)13-19/h6-9,12-13,15-16H,1-5,10-11,14H2. The minimum absolute atomic E-state index is 0.00940. The average Bonchev–Trinajstić information content (AvgIpc) is 2.75. The molecule has 0 atom stereocenters. The van der Waals surface area contributed by atoms with Gasteiger partial charge in [0.1, 0.15) is 24.0 Å². The van der Waals surface area contributed by atoms with Gasteiger partial charge in [-0.2, -0.15) is 0 Å². The van der Waals surface area contributed by atoms with Gasteiger partial charge in [-0.1, -0.05) is 36.0 Å². The lowest BCUT2D eigenvalue weighted by Crippen LogP contribution is -2.21. The van der Waals surface area contributed by atoms with Crippen LogP contribution in [0.3, 0.4) is 0 Å². The average molecular weight is 469 g/mol. The van der Waals surface area contributed by atoms with Gasteiger partial charge in [0.15, 0.2) is 11.6 Å². The summed E-state index contributed by atoms with van der Waals surface area (Å²) in [6.07, 6.45) is 5.35. The molecule has 2 aromatic rings. The van der Waals surface area contributed by atoms with Crippen molar-refractivity contribution in [2.45, 2.75) is 44.9 Å². The second-order valence-corrected chi connectivity index (χ2v) is 8.90. The summed E-state index contributed by atoms with van der Waals surface area (Å²) in [7, 11) is 0. The molecule has 0 unspecified atom stereocenters. The van der Waals surface area contributed by atoms with Gasteiger partial charge < -0.3 is 4.74 Å². The Morgan fingerprint density at radius 3 is 2.16 bits per heavy atom. The number of halogens is 4. The Kier molecular flexibility index (Phi) is 8.44. The third kappa shape index (κ3) is 7.01. The molecule has 3 nitrogen and oxygen atoms in total. The fourth-order valence-corrected chi connectivity index (χ4v) is 4.22. The van der Waals surface area contributed by atoms with Crippen LogP contribution in [-0.2, 0) is 4.79 Å². The van der Waals surface area contributed by atoms with Crippen molar-refractivity contribution in [1.29, 1.82) is 0 Å². The molecular formula is C24H24Cl2F2O3. The van der Waals surface area contributed by atoms with E-state index in [-0.39, 0.29) is 34.0 Å². The number of Topliss-reactive ketones (excluding diaryl/α,β-unsaturated/α-hetero) is 2. The number of ether oxygens (including phenoxy) is 1. The van der Waals surface area contributed by atoms with E-state index in [0.29, 0.717) is 30.2 Å². The number of carbonyl (C=O) groups is 2. The molecule has 0 radical (unpaired) electrons. The van der Waals surface area contributed by atoms with E-state index < -0.39 is 11.6 Å². The van der Waals surface area contributed by atoms with E-state index >= 15 is 0 Å². The van der Waals surface area contributed by atoms with Crippen LogP contribution in [0, 0.1) is 23.5 Å². The number of carbonyl (C=O) groups excluding carboxylic acids is 2. The van der Waals surface area contributed by atoms with Crippen LogP contribution in [0.2, 0.25) is 10.0 Å². The Labute approximate surface area is 190 Å². The Balaban J connectivity index is 1.36. The summed E-state index contributed by atoms with van der Waals surface area (Å²) in [5.41, 5.74) is 0.349. The summed E-state index contributed by atoms with van der Waals surface area (Å²) >= 11 is 11.3. The lowest BCUT2D eigenvalue weighted by atomic mass is 9.78. The van der Waals surface area contributed by atoms with Crippen molar-refractivity contribution < 1.29 is 23.1 Å². The highest BCUT2D eigenvalue weighted by Gasteiger charge is 2.24. The number of benzene rings is 2. The van der Waals surface area contributed by atoms with Crippen LogP contribution in [0.4, 0.5) is 8.78 Å². The minimum Gasteiger partial charge on any atom is -0.486 e. The molecule has 166 valence electrons. The van der Waals surface area contributed by atoms with E-state index in [2.05, 4.69) is 0 Å². The fraction of sp³-hybridized carbons (Fsp3) is 0.417. The van der Waals surface area contributed by atoms with E-state index in [1.165, 1.54) is 30.3 Å². The van der Waals surface area contributed by atoms with Crippen molar-refractivity contribution in [2.75, 3.05) is 6.61 Å². The normalized spacial score (nSPS) is 18.6. The molecular weight excluding hydrogens is 445 g/mol. The number of hydrogen-bond acceptors (Lipinski definition) is 3. The SMILES string of the molecule is O=C(COc1ccc(Cl)c(F)c1)CC1CCC(CCC(=O)c2ccc(Cl)c(F)c2)CC1. The molecule has 2 aromatic carbocycles. The van der Waals surface area contributed by atoms with E-state index in [1.54, 1.807) is 6.07 Å². The van der Waals surface area contributed by atoms with Crippen LogP contribution < -0.4 is 4.74 Å². The quantitative estimate of drug-likeness (QED) is 0.369. The number of rotatable bonds is 9. The van der Waals surface area contributed by atoms with Crippen LogP contribution in [0.25, 0.3) is 0 Å². The van der Waals surface area contributed by atoms with E-state index in [4.69, 9.17) is 27.9 Å². The number of hydrogen-bond donors (Lipinski definition) is 0. The van der Waals surface area contributed by atoms with E-state index in [1.807, 2.05) is 0 Å². The Hall–Kier alpha value is -1.98. The monoisotopic (exact) mass is 468 g/mol. The van der Waals surface area contributed by atoms with E-state index in [9.17, 15) is 18.4 Å². The molecule has 0 heterocycles. The molecule has 0 amide bonds. The van der Waals surface area contributed by atoms with Crippen LogP contribution in [-0.4, -0.2) is 18.2 Å². The molecule has 0 saturated heterocycles. The molecule has 0 aromatic heterocycles. The number of ketones is 2. The molecule has 31 heavy (non-hydrogen) atoms. The molecule has 1 fully saturated rings. The van der Waals surface area contributed by atoms with Crippen LogP contribution in [0.5, 0.6) is 5.75 Å². The summed E-state index contributed by atoms with van der Waals surface area (Å²) < 4.78 is 32.3. The fourth-order valence-electron chi connectivity index (χ4n) is 3.98. The smallest absolute Gasteiger partial charge is 0.170 e.